The number of hydrogen-bond donors (Lipinski definition) is 1. The molecule has 1 aromatic heterocycles. The Morgan fingerprint density at radius 2 is 1.73 bits per heavy atom. The summed E-state index contributed by atoms with van der Waals surface area (Å²) in [5.41, 5.74) is -3.28. The maximum absolute atomic E-state index is 13.1. The first-order chi connectivity index (χ1) is 14.4. The molecule has 1 N–H and O–H groups in total. The standard InChI is InChI=1S/C20H17N3O7/c1-2-30-19(26)16-17(24)21(12-13-8-4-3-5-9-13)20(27)22(18(16)25)14-10-6-7-11-15(14)23(28)29/h3-11,24H,2,12H2,1H3. The summed E-state index contributed by atoms with van der Waals surface area (Å²) in [5, 5.41) is 22.0. The normalized spacial score (nSPS) is 10.6. The van der Waals surface area contributed by atoms with Gasteiger partial charge >= 0.3 is 11.7 Å². The lowest BCUT2D eigenvalue weighted by molar-refractivity contribution is -0.384. The summed E-state index contributed by atoms with van der Waals surface area (Å²) in [6.45, 7) is 1.25. The Morgan fingerprint density at radius 3 is 2.37 bits per heavy atom. The van der Waals surface area contributed by atoms with Gasteiger partial charge in [0.1, 0.15) is 5.69 Å². The summed E-state index contributed by atoms with van der Waals surface area (Å²) in [7, 11) is 0. The molecule has 0 aliphatic rings. The predicted octanol–water partition coefficient (Wildman–Crippen LogP) is 1.84. The molecule has 0 spiro atoms. The van der Waals surface area contributed by atoms with Crippen molar-refractivity contribution in [1.29, 1.82) is 0 Å². The summed E-state index contributed by atoms with van der Waals surface area (Å²) in [4.78, 5) is 49.1. The number of carbonyl (C=O) groups excluding carboxylic acids is 1. The molecule has 154 valence electrons. The van der Waals surface area contributed by atoms with Gasteiger partial charge in [-0.25, -0.2) is 14.2 Å². The van der Waals surface area contributed by atoms with E-state index in [1.165, 1.54) is 25.1 Å². The van der Waals surface area contributed by atoms with Crippen LogP contribution in [0.5, 0.6) is 5.88 Å². The first-order valence-electron chi connectivity index (χ1n) is 8.90. The molecule has 0 fully saturated rings. The highest BCUT2D eigenvalue weighted by atomic mass is 16.6. The summed E-state index contributed by atoms with van der Waals surface area (Å²) in [5.74, 6) is -2.02. The Kier molecular flexibility index (Phi) is 5.77. The van der Waals surface area contributed by atoms with Gasteiger partial charge in [0.2, 0.25) is 5.88 Å². The molecule has 10 heteroatoms. The van der Waals surface area contributed by atoms with Crippen LogP contribution < -0.4 is 11.2 Å². The van der Waals surface area contributed by atoms with Gasteiger partial charge in [0.25, 0.3) is 11.2 Å². The van der Waals surface area contributed by atoms with Gasteiger partial charge in [0, 0.05) is 6.07 Å². The number of aromatic hydroxyl groups is 1. The third-order valence-corrected chi connectivity index (χ3v) is 4.30. The van der Waals surface area contributed by atoms with Crippen LogP contribution in [0.3, 0.4) is 0 Å². The van der Waals surface area contributed by atoms with E-state index in [4.69, 9.17) is 4.74 Å². The molecule has 2 aromatic carbocycles. The van der Waals surface area contributed by atoms with Gasteiger partial charge in [-0.3, -0.25) is 19.5 Å². The smallest absolute Gasteiger partial charge is 0.349 e. The molecule has 0 saturated heterocycles. The third kappa shape index (κ3) is 3.70. The Balaban J connectivity index is 2.38. The van der Waals surface area contributed by atoms with Crippen LogP contribution in [-0.4, -0.2) is 31.7 Å². The number of nitrogens with zero attached hydrogens (tertiary/aromatic N) is 3. The largest absolute Gasteiger partial charge is 0.494 e. The van der Waals surface area contributed by atoms with Gasteiger partial charge < -0.3 is 9.84 Å². The van der Waals surface area contributed by atoms with Crippen molar-refractivity contribution < 1.29 is 19.6 Å². The SMILES string of the molecule is CCOC(=O)c1c(O)n(Cc2ccccc2)c(=O)n(-c2ccccc2[N+](=O)[O-])c1=O. The number of hydrogen-bond acceptors (Lipinski definition) is 7. The van der Waals surface area contributed by atoms with E-state index < -0.39 is 39.3 Å². The summed E-state index contributed by atoms with van der Waals surface area (Å²) >= 11 is 0. The van der Waals surface area contributed by atoms with Crippen molar-refractivity contribution >= 4 is 11.7 Å². The van der Waals surface area contributed by atoms with Crippen molar-refractivity contribution in [2.24, 2.45) is 0 Å². The number of nitro benzene ring substituents is 1. The molecule has 0 bridgehead atoms. The first-order valence-corrected chi connectivity index (χ1v) is 8.90. The Morgan fingerprint density at radius 1 is 1.10 bits per heavy atom. The Bertz CT molecular complexity index is 1230. The van der Waals surface area contributed by atoms with E-state index >= 15 is 0 Å². The van der Waals surface area contributed by atoms with Crippen LogP contribution in [0, 0.1) is 10.1 Å². The van der Waals surface area contributed by atoms with Gasteiger partial charge in [0.05, 0.1) is 18.1 Å². The van der Waals surface area contributed by atoms with Gasteiger partial charge in [0.15, 0.2) is 5.56 Å². The van der Waals surface area contributed by atoms with Crippen molar-refractivity contribution in [3.63, 3.8) is 0 Å². The average molecular weight is 411 g/mol. The second-order valence-corrected chi connectivity index (χ2v) is 6.16. The van der Waals surface area contributed by atoms with E-state index in [0.29, 0.717) is 10.1 Å². The van der Waals surface area contributed by atoms with Crippen LogP contribution in [0.2, 0.25) is 0 Å². The van der Waals surface area contributed by atoms with Crippen molar-refractivity contribution in [3.05, 3.63) is 96.7 Å². The Hall–Kier alpha value is -4.21. The van der Waals surface area contributed by atoms with Crippen molar-refractivity contribution in [2.45, 2.75) is 13.5 Å². The summed E-state index contributed by atoms with van der Waals surface area (Å²) in [6, 6.07) is 13.6. The van der Waals surface area contributed by atoms with Crippen LogP contribution in [0.15, 0.2) is 64.2 Å². The zero-order valence-electron chi connectivity index (χ0n) is 15.8. The average Bonchev–Trinajstić information content (AvgIpc) is 2.72. The fourth-order valence-corrected chi connectivity index (χ4v) is 2.95. The number of aromatic nitrogens is 2. The molecule has 0 aliphatic carbocycles. The number of ether oxygens (including phenoxy) is 1. The fourth-order valence-electron chi connectivity index (χ4n) is 2.95. The van der Waals surface area contributed by atoms with Crippen molar-refractivity contribution in [2.75, 3.05) is 6.61 Å². The minimum absolute atomic E-state index is 0.0823. The second kappa shape index (κ2) is 8.43. The van der Waals surface area contributed by atoms with Crippen LogP contribution >= 0.6 is 0 Å². The number of carbonyl (C=O) groups is 1. The maximum atomic E-state index is 13.1. The molecule has 0 saturated carbocycles. The number of esters is 1. The van der Waals surface area contributed by atoms with Crippen LogP contribution in [0.4, 0.5) is 5.69 Å². The molecule has 0 radical (unpaired) electrons. The minimum atomic E-state index is -1.21. The highest BCUT2D eigenvalue weighted by molar-refractivity contribution is 5.91. The van der Waals surface area contributed by atoms with E-state index in [9.17, 15) is 29.6 Å². The number of rotatable bonds is 6. The van der Waals surface area contributed by atoms with Crippen LogP contribution in [0.1, 0.15) is 22.8 Å². The molecular formula is C20H17N3O7. The molecule has 0 atom stereocenters. The lowest BCUT2D eigenvalue weighted by atomic mass is 10.2. The highest BCUT2D eigenvalue weighted by Crippen LogP contribution is 2.22. The predicted molar refractivity (Wildman–Crippen MR) is 106 cm³/mol. The molecule has 0 unspecified atom stereocenters. The van der Waals surface area contributed by atoms with E-state index in [1.807, 2.05) is 0 Å². The molecule has 1 heterocycles. The molecule has 30 heavy (non-hydrogen) atoms. The quantitative estimate of drug-likeness (QED) is 0.372. The highest BCUT2D eigenvalue weighted by Gasteiger charge is 2.28. The van der Waals surface area contributed by atoms with Gasteiger partial charge in [-0.1, -0.05) is 42.5 Å². The molecule has 0 amide bonds. The lowest BCUT2D eigenvalue weighted by Crippen LogP contribution is -2.42. The van der Waals surface area contributed by atoms with Crippen LogP contribution in [-0.2, 0) is 11.3 Å². The van der Waals surface area contributed by atoms with E-state index in [0.717, 1.165) is 10.6 Å². The number of para-hydroxylation sites is 2. The third-order valence-electron chi connectivity index (χ3n) is 4.30. The number of nitro groups is 1. The van der Waals surface area contributed by atoms with E-state index in [-0.39, 0.29) is 18.8 Å². The maximum Gasteiger partial charge on any atom is 0.349 e. The first kappa shape index (κ1) is 20.5. The Labute approximate surface area is 169 Å². The summed E-state index contributed by atoms with van der Waals surface area (Å²) in [6.07, 6.45) is 0. The zero-order chi connectivity index (χ0) is 21.8. The zero-order valence-corrected chi connectivity index (χ0v) is 15.8. The summed E-state index contributed by atoms with van der Waals surface area (Å²) < 4.78 is 6.13. The molecule has 0 aliphatic heterocycles. The molecule has 3 aromatic rings. The van der Waals surface area contributed by atoms with Crippen molar-refractivity contribution in [3.8, 4) is 11.6 Å². The molecular weight excluding hydrogens is 394 g/mol. The van der Waals surface area contributed by atoms with E-state index in [2.05, 4.69) is 0 Å². The second-order valence-electron chi connectivity index (χ2n) is 6.16. The molecule has 3 rings (SSSR count). The fraction of sp³-hybridized carbons (Fsp3) is 0.150. The van der Waals surface area contributed by atoms with Crippen LogP contribution in [0.25, 0.3) is 5.69 Å². The van der Waals surface area contributed by atoms with Gasteiger partial charge in [-0.05, 0) is 18.6 Å². The van der Waals surface area contributed by atoms with Crippen molar-refractivity contribution in [1.82, 2.24) is 9.13 Å². The topological polar surface area (TPSA) is 134 Å². The minimum Gasteiger partial charge on any atom is -0.494 e. The monoisotopic (exact) mass is 411 g/mol. The number of benzene rings is 2. The lowest BCUT2D eigenvalue weighted by Gasteiger charge is -2.15. The van der Waals surface area contributed by atoms with Gasteiger partial charge in [-0.2, -0.15) is 0 Å². The molecule has 10 nitrogen and oxygen atoms in total. The van der Waals surface area contributed by atoms with Gasteiger partial charge in [-0.15, -0.1) is 0 Å². The van der Waals surface area contributed by atoms with E-state index in [1.54, 1.807) is 30.3 Å².